The Morgan fingerprint density at radius 3 is 0.689 bits per heavy atom. The van der Waals surface area contributed by atoms with Crippen molar-refractivity contribution in [2.45, 2.75) is 369 Å². The molecular formula is C71H138O17P2. The first-order chi connectivity index (χ1) is 43.1. The molecule has 5 atom stereocenters. The van der Waals surface area contributed by atoms with Gasteiger partial charge in [-0.05, 0) is 49.4 Å². The van der Waals surface area contributed by atoms with Crippen LogP contribution in [0, 0.1) is 23.7 Å². The van der Waals surface area contributed by atoms with E-state index in [9.17, 15) is 43.2 Å². The van der Waals surface area contributed by atoms with E-state index >= 15 is 0 Å². The third-order valence-electron chi connectivity index (χ3n) is 16.3. The third kappa shape index (κ3) is 64.8. The van der Waals surface area contributed by atoms with Crippen molar-refractivity contribution in [2.75, 3.05) is 39.6 Å². The number of phosphoric acid groups is 2. The quantitative estimate of drug-likeness (QED) is 0.0222. The van der Waals surface area contributed by atoms with Gasteiger partial charge in [-0.15, -0.1) is 0 Å². The Labute approximate surface area is 549 Å². The fourth-order valence-electron chi connectivity index (χ4n) is 10.7. The van der Waals surface area contributed by atoms with Gasteiger partial charge in [0.05, 0.1) is 26.4 Å². The first-order valence-corrected chi connectivity index (χ1v) is 39.7. The number of carbonyl (C=O) groups is 4. The molecular weight excluding hydrogens is 1190 g/mol. The van der Waals surface area contributed by atoms with Crippen LogP contribution in [0.25, 0.3) is 0 Å². The van der Waals surface area contributed by atoms with Crippen LogP contribution in [0.3, 0.4) is 0 Å². The lowest BCUT2D eigenvalue weighted by Crippen LogP contribution is -2.30. The minimum atomic E-state index is -4.95. The fraction of sp³-hybridized carbons (Fsp3) is 0.944. The number of unbranched alkanes of at least 4 members (excludes halogenated alkanes) is 34. The molecule has 90 heavy (non-hydrogen) atoms. The second kappa shape index (κ2) is 60.7. The molecule has 0 saturated heterocycles. The van der Waals surface area contributed by atoms with Crippen molar-refractivity contribution in [2.24, 2.45) is 23.7 Å². The molecule has 0 saturated carbocycles. The highest BCUT2D eigenvalue weighted by Gasteiger charge is 2.30. The molecule has 19 heteroatoms. The van der Waals surface area contributed by atoms with Gasteiger partial charge in [-0.1, -0.05) is 299 Å². The lowest BCUT2D eigenvalue weighted by atomic mass is 10.0. The summed E-state index contributed by atoms with van der Waals surface area (Å²) in [5.41, 5.74) is 0. The molecule has 17 nitrogen and oxygen atoms in total. The number of aliphatic hydroxyl groups is 1. The van der Waals surface area contributed by atoms with E-state index in [1.165, 1.54) is 148 Å². The van der Waals surface area contributed by atoms with Crippen molar-refractivity contribution < 1.29 is 80.2 Å². The summed E-state index contributed by atoms with van der Waals surface area (Å²) in [5.74, 6) is 0.841. The zero-order chi connectivity index (χ0) is 66.8. The largest absolute Gasteiger partial charge is 0.472 e. The summed E-state index contributed by atoms with van der Waals surface area (Å²) >= 11 is 0. The SMILES string of the molecule is CC(C)CCCCCCCCCCCCCCCC(=O)O[C@H](COC(=O)CCCCCCCCCC(C)C)COP(=O)(O)OCC(O)COP(=O)(O)OC[C@@H](COC(=O)CCCCCCCCCCC(C)C)OC(=O)CCCCCCCCCCCCC(C)C. The van der Waals surface area contributed by atoms with E-state index in [0.717, 1.165) is 114 Å². The normalized spacial score (nSPS) is 14.3. The minimum Gasteiger partial charge on any atom is -0.462 e. The number of rotatable bonds is 68. The Kier molecular flexibility index (Phi) is 59.4. The highest BCUT2D eigenvalue weighted by atomic mass is 31.2. The average Bonchev–Trinajstić information content (AvgIpc) is 2.60. The maximum atomic E-state index is 13.0. The van der Waals surface area contributed by atoms with Gasteiger partial charge in [-0.3, -0.25) is 37.3 Å². The van der Waals surface area contributed by atoms with E-state index in [1.807, 2.05) is 0 Å². The number of phosphoric ester groups is 2. The van der Waals surface area contributed by atoms with Crippen LogP contribution in [-0.2, 0) is 65.4 Å². The van der Waals surface area contributed by atoms with Crippen LogP contribution in [0.1, 0.15) is 351 Å². The van der Waals surface area contributed by atoms with Crippen LogP contribution in [0.4, 0.5) is 0 Å². The van der Waals surface area contributed by atoms with Gasteiger partial charge in [0.25, 0.3) is 0 Å². The summed E-state index contributed by atoms with van der Waals surface area (Å²) in [6, 6.07) is 0. The van der Waals surface area contributed by atoms with Crippen molar-refractivity contribution in [3.63, 3.8) is 0 Å². The van der Waals surface area contributed by atoms with Gasteiger partial charge in [-0.25, -0.2) is 9.13 Å². The number of esters is 4. The van der Waals surface area contributed by atoms with Crippen LogP contribution in [-0.4, -0.2) is 96.7 Å². The number of carbonyl (C=O) groups excluding carboxylic acids is 4. The number of hydrogen-bond donors (Lipinski definition) is 3. The molecule has 3 unspecified atom stereocenters. The highest BCUT2D eigenvalue weighted by Crippen LogP contribution is 2.45. The zero-order valence-electron chi connectivity index (χ0n) is 58.8. The van der Waals surface area contributed by atoms with Gasteiger partial charge in [0, 0.05) is 25.7 Å². The van der Waals surface area contributed by atoms with Crippen LogP contribution < -0.4 is 0 Å². The molecule has 0 radical (unpaired) electrons. The molecule has 534 valence electrons. The van der Waals surface area contributed by atoms with Gasteiger partial charge in [-0.2, -0.15) is 0 Å². The maximum Gasteiger partial charge on any atom is 0.472 e. The lowest BCUT2D eigenvalue weighted by Gasteiger charge is -2.21. The van der Waals surface area contributed by atoms with E-state index in [2.05, 4.69) is 55.4 Å². The van der Waals surface area contributed by atoms with Gasteiger partial charge < -0.3 is 33.8 Å². The summed E-state index contributed by atoms with van der Waals surface area (Å²) in [6.45, 7) is 14.1. The number of hydrogen-bond acceptors (Lipinski definition) is 15. The lowest BCUT2D eigenvalue weighted by molar-refractivity contribution is -0.161. The summed E-state index contributed by atoms with van der Waals surface area (Å²) in [4.78, 5) is 72.6. The molecule has 0 bridgehead atoms. The molecule has 0 aliphatic carbocycles. The van der Waals surface area contributed by atoms with E-state index in [0.29, 0.717) is 31.6 Å². The van der Waals surface area contributed by atoms with Gasteiger partial charge in [0.15, 0.2) is 12.2 Å². The molecule has 0 aliphatic heterocycles. The smallest absolute Gasteiger partial charge is 0.462 e. The van der Waals surface area contributed by atoms with E-state index < -0.39 is 97.5 Å². The Hall–Kier alpha value is -1.94. The second-order valence-electron chi connectivity index (χ2n) is 27.5. The summed E-state index contributed by atoms with van der Waals surface area (Å²) < 4.78 is 68.3. The first kappa shape index (κ1) is 88.1. The fourth-order valence-corrected chi connectivity index (χ4v) is 12.2. The Bertz CT molecular complexity index is 1780. The van der Waals surface area contributed by atoms with E-state index in [4.69, 9.17) is 37.0 Å². The monoisotopic (exact) mass is 1320 g/mol. The molecule has 0 aromatic heterocycles. The molecule has 0 aromatic rings. The topological polar surface area (TPSA) is 237 Å². The first-order valence-electron chi connectivity index (χ1n) is 36.7. The van der Waals surface area contributed by atoms with Crippen molar-refractivity contribution in [1.82, 2.24) is 0 Å². The second-order valence-corrected chi connectivity index (χ2v) is 30.4. The van der Waals surface area contributed by atoms with Crippen LogP contribution in [0.5, 0.6) is 0 Å². The number of ether oxygens (including phenoxy) is 4. The van der Waals surface area contributed by atoms with E-state index in [-0.39, 0.29) is 25.7 Å². The predicted octanol–water partition coefficient (Wildman–Crippen LogP) is 20.1. The number of aliphatic hydroxyl groups excluding tert-OH is 1. The molecule has 3 N–H and O–H groups in total. The van der Waals surface area contributed by atoms with Gasteiger partial charge in [0.2, 0.25) is 0 Å². The third-order valence-corrected chi connectivity index (χ3v) is 18.2. The summed E-state index contributed by atoms with van der Waals surface area (Å²) in [5, 5.41) is 10.6. The van der Waals surface area contributed by atoms with Crippen molar-refractivity contribution in [3.05, 3.63) is 0 Å². The van der Waals surface area contributed by atoms with Crippen LogP contribution in [0.2, 0.25) is 0 Å². The highest BCUT2D eigenvalue weighted by molar-refractivity contribution is 7.47. The van der Waals surface area contributed by atoms with Crippen molar-refractivity contribution in [3.8, 4) is 0 Å². The van der Waals surface area contributed by atoms with E-state index in [1.54, 1.807) is 0 Å². The van der Waals surface area contributed by atoms with Gasteiger partial charge in [0.1, 0.15) is 19.3 Å². The molecule has 0 aliphatic rings. The van der Waals surface area contributed by atoms with Crippen molar-refractivity contribution in [1.29, 1.82) is 0 Å². The van der Waals surface area contributed by atoms with Crippen LogP contribution in [0.15, 0.2) is 0 Å². The summed E-state index contributed by atoms with van der Waals surface area (Å²) in [7, 11) is -9.90. The molecule has 0 spiro atoms. The Morgan fingerprint density at radius 1 is 0.278 bits per heavy atom. The standard InChI is InChI=1S/C71H138O17P2/c1-61(2)47-39-31-23-16-12-10-9-11-13-18-28-37-45-53-70(75)88-67(58-82-69(74)52-44-36-30-22-26-34-42-50-64(7)8)60-86-90(79,80)84-56-65(72)55-83-89(77,78)85-59-66(57-81-68(73)51-43-35-27-21-20-25-33-41-49-63(5)6)87-71(76)54-46-38-29-19-15-14-17-24-32-40-48-62(3)4/h61-67,72H,9-60H2,1-8H3,(H,77,78)(H,79,80)/t65?,66-,67-/m1/s1. The Balaban J connectivity index is 5.25. The molecule has 0 aromatic carbocycles. The zero-order valence-corrected chi connectivity index (χ0v) is 60.6. The van der Waals surface area contributed by atoms with Crippen molar-refractivity contribution >= 4 is 39.5 Å². The Morgan fingerprint density at radius 2 is 0.467 bits per heavy atom. The molecule has 0 heterocycles. The molecule has 0 rings (SSSR count). The summed E-state index contributed by atoms with van der Waals surface area (Å²) in [6.07, 6.45) is 43.1. The predicted molar refractivity (Wildman–Crippen MR) is 363 cm³/mol. The minimum absolute atomic E-state index is 0.105. The van der Waals surface area contributed by atoms with Crippen LogP contribution >= 0.6 is 15.6 Å². The average molecular weight is 1330 g/mol. The molecule has 0 amide bonds. The maximum absolute atomic E-state index is 13.0. The molecule has 0 fully saturated rings. The van der Waals surface area contributed by atoms with Gasteiger partial charge >= 0.3 is 39.5 Å².